The quantitative estimate of drug-likeness (QED) is 0.692. The topological polar surface area (TPSA) is 21.3 Å². The maximum absolute atomic E-state index is 6.17. The van der Waals surface area contributed by atoms with E-state index in [2.05, 4.69) is 12.2 Å². The average Bonchev–Trinajstić information content (AvgIpc) is 2.94. The summed E-state index contributed by atoms with van der Waals surface area (Å²) in [6.45, 7) is 3.77. The smallest absolute Gasteiger partial charge is 0.156 e. The van der Waals surface area contributed by atoms with Crippen LogP contribution in [0, 0.1) is 5.92 Å². The molecule has 1 unspecified atom stereocenters. The summed E-state index contributed by atoms with van der Waals surface area (Å²) < 4.78 is 5.91. The highest BCUT2D eigenvalue weighted by Crippen LogP contribution is 2.36. The molecule has 1 saturated carbocycles. The zero-order chi connectivity index (χ0) is 15.2. The first-order chi connectivity index (χ1) is 10.1. The molecule has 1 aliphatic rings. The summed E-state index contributed by atoms with van der Waals surface area (Å²) in [6, 6.07) is 3.68. The molecule has 1 aromatic carbocycles. The fourth-order valence-electron chi connectivity index (χ4n) is 2.89. The lowest BCUT2D eigenvalue weighted by Crippen LogP contribution is -2.40. The van der Waals surface area contributed by atoms with Crippen LogP contribution >= 0.6 is 34.8 Å². The Balaban J connectivity index is 2.00. The molecule has 0 heterocycles. The molecule has 1 atom stereocenters. The third-order valence-electron chi connectivity index (χ3n) is 4.00. The van der Waals surface area contributed by atoms with Crippen molar-refractivity contribution in [2.75, 3.05) is 13.2 Å². The Hall–Kier alpha value is -0.150. The van der Waals surface area contributed by atoms with Crippen molar-refractivity contribution in [1.29, 1.82) is 0 Å². The van der Waals surface area contributed by atoms with Gasteiger partial charge in [0, 0.05) is 11.1 Å². The second-order valence-corrected chi connectivity index (χ2v) is 6.87. The first-order valence-corrected chi connectivity index (χ1v) is 8.76. The first kappa shape index (κ1) is 17.2. The van der Waals surface area contributed by atoms with Gasteiger partial charge >= 0.3 is 0 Å². The molecular formula is C16H22Cl3NO. The zero-order valence-corrected chi connectivity index (χ0v) is 14.6. The molecule has 0 amide bonds. The third-order valence-corrected chi connectivity index (χ3v) is 4.78. The first-order valence-electron chi connectivity index (χ1n) is 7.62. The minimum Gasteiger partial charge on any atom is -0.489 e. The Labute approximate surface area is 142 Å². The van der Waals surface area contributed by atoms with E-state index < -0.39 is 0 Å². The highest BCUT2D eigenvalue weighted by Gasteiger charge is 2.25. The highest BCUT2D eigenvalue weighted by molar-refractivity contribution is 6.40. The normalized spacial score (nSPS) is 17.1. The Morgan fingerprint density at radius 3 is 2.38 bits per heavy atom. The van der Waals surface area contributed by atoms with Gasteiger partial charge in [-0.1, -0.05) is 54.6 Å². The molecule has 0 radical (unpaired) electrons. The van der Waals surface area contributed by atoms with Gasteiger partial charge < -0.3 is 10.1 Å². The van der Waals surface area contributed by atoms with Crippen LogP contribution in [0.5, 0.6) is 5.75 Å². The van der Waals surface area contributed by atoms with Crippen LogP contribution in [0.25, 0.3) is 0 Å². The van der Waals surface area contributed by atoms with Gasteiger partial charge in [0.15, 0.2) is 5.75 Å². The maximum atomic E-state index is 6.17. The van der Waals surface area contributed by atoms with Gasteiger partial charge in [-0.15, -0.1) is 0 Å². The summed E-state index contributed by atoms with van der Waals surface area (Å²) >= 11 is 18.3. The summed E-state index contributed by atoms with van der Waals surface area (Å²) in [4.78, 5) is 0. The van der Waals surface area contributed by atoms with Crippen molar-refractivity contribution in [3.8, 4) is 5.75 Å². The molecule has 0 spiro atoms. The number of hydrogen-bond donors (Lipinski definition) is 1. The largest absolute Gasteiger partial charge is 0.489 e. The van der Waals surface area contributed by atoms with Crippen molar-refractivity contribution in [2.45, 2.75) is 45.1 Å². The standard InChI is InChI=1S/C16H22Cl3NO/c1-2-7-20-15(11-5-3-4-6-11)10-21-16-13(18)8-12(17)9-14(16)19/h8-9,11,15,20H,2-7,10H2,1H3. The zero-order valence-electron chi connectivity index (χ0n) is 12.3. The number of nitrogens with one attached hydrogen (secondary N) is 1. The number of benzene rings is 1. The summed E-state index contributed by atoms with van der Waals surface area (Å²) in [6.07, 6.45) is 6.29. The molecular weight excluding hydrogens is 329 g/mol. The second kappa shape index (κ2) is 8.47. The Morgan fingerprint density at radius 1 is 1.19 bits per heavy atom. The van der Waals surface area contributed by atoms with E-state index >= 15 is 0 Å². The predicted octanol–water partition coefficient (Wildman–Crippen LogP) is 5.58. The van der Waals surface area contributed by atoms with Gasteiger partial charge in [0.25, 0.3) is 0 Å². The van der Waals surface area contributed by atoms with E-state index in [1.54, 1.807) is 12.1 Å². The van der Waals surface area contributed by atoms with E-state index in [1.807, 2.05) is 0 Å². The molecule has 1 N–H and O–H groups in total. The van der Waals surface area contributed by atoms with Gasteiger partial charge in [-0.2, -0.15) is 0 Å². The number of rotatable bonds is 7. The molecule has 21 heavy (non-hydrogen) atoms. The molecule has 0 aromatic heterocycles. The van der Waals surface area contributed by atoms with Crippen LogP contribution in [0.15, 0.2) is 12.1 Å². The molecule has 2 rings (SSSR count). The summed E-state index contributed by atoms with van der Waals surface area (Å²) in [5.41, 5.74) is 0. The minimum absolute atomic E-state index is 0.357. The van der Waals surface area contributed by atoms with Crippen LogP contribution in [-0.2, 0) is 0 Å². The Bertz CT molecular complexity index is 438. The Kier molecular flexibility index (Phi) is 6.94. The van der Waals surface area contributed by atoms with Crippen molar-refractivity contribution in [2.24, 2.45) is 5.92 Å². The molecule has 0 saturated heterocycles. The number of halogens is 3. The maximum Gasteiger partial charge on any atom is 0.156 e. The van der Waals surface area contributed by atoms with E-state index in [1.165, 1.54) is 25.7 Å². The van der Waals surface area contributed by atoms with Crippen LogP contribution in [0.2, 0.25) is 15.1 Å². The van der Waals surface area contributed by atoms with Gasteiger partial charge in [-0.25, -0.2) is 0 Å². The molecule has 118 valence electrons. The van der Waals surface area contributed by atoms with Crippen molar-refractivity contribution >= 4 is 34.8 Å². The highest BCUT2D eigenvalue weighted by atomic mass is 35.5. The lowest BCUT2D eigenvalue weighted by molar-refractivity contribution is 0.217. The van der Waals surface area contributed by atoms with Gasteiger partial charge in [0.05, 0.1) is 10.0 Å². The fraction of sp³-hybridized carbons (Fsp3) is 0.625. The molecule has 5 heteroatoms. The molecule has 1 aliphatic carbocycles. The van der Waals surface area contributed by atoms with Crippen LogP contribution < -0.4 is 10.1 Å². The van der Waals surface area contributed by atoms with Crippen molar-refractivity contribution in [1.82, 2.24) is 5.32 Å². The molecule has 0 aliphatic heterocycles. The molecule has 1 fully saturated rings. The molecule has 1 aromatic rings. The van der Waals surface area contributed by atoms with Crippen molar-refractivity contribution in [3.05, 3.63) is 27.2 Å². The molecule has 2 nitrogen and oxygen atoms in total. The van der Waals surface area contributed by atoms with Crippen LogP contribution in [-0.4, -0.2) is 19.2 Å². The molecule has 0 bridgehead atoms. The van der Waals surface area contributed by atoms with E-state index in [4.69, 9.17) is 39.5 Å². The monoisotopic (exact) mass is 349 g/mol. The van der Waals surface area contributed by atoms with Crippen molar-refractivity contribution in [3.63, 3.8) is 0 Å². The van der Waals surface area contributed by atoms with Crippen molar-refractivity contribution < 1.29 is 4.74 Å². The van der Waals surface area contributed by atoms with Gasteiger partial charge in [-0.05, 0) is 43.9 Å². The van der Waals surface area contributed by atoms with E-state index in [-0.39, 0.29) is 0 Å². The van der Waals surface area contributed by atoms with E-state index in [0.717, 1.165) is 13.0 Å². The van der Waals surface area contributed by atoms with E-state index in [0.29, 0.717) is 39.4 Å². The predicted molar refractivity (Wildman–Crippen MR) is 91.0 cm³/mol. The second-order valence-electron chi connectivity index (χ2n) is 5.61. The minimum atomic E-state index is 0.357. The lowest BCUT2D eigenvalue weighted by Gasteiger charge is -2.25. The number of hydrogen-bond acceptors (Lipinski definition) is 2. The van der Waals surface area contributed by atoms with Gasteiger partial charge in [0.1, 0.15) is 6.61 Å². The van der Waals surface area contributed by atoms with Crippen LogP contribution in [0.1, 0.15) is 39.0 Å². The lowest BCUT2D eigenvalue weighted by atomic mass is 9.98. The van der Waals surface area contributed by atoms with Gasteiger partial charge in [-0.3, -0.25) is 0 Å². The number of ether oxygens (including phenoxy) is 1. The average molecular weight is 351 g/mol. The SMILES string of the molecule is CCCNC(COc1c(Cl)cc(Cl)cc1Cl)C1CCCC1. The fourth-order valence-corrected chi connectivity index (χ4v) is 3.82. The summed E-state index contributed by atoms with van der Waals surface area (Å²) in [5.74, 6) is 1.21. The summed E-state index contributed by atoms with van der Waals surface area (Å²) in [5, 5.41) is 5.05. The summed E-state index contributed by atoms with van der Waals surface area (Å²) in [7, 11) is 0. The van der Waals surface area contributed by atoms with Crippen LogP contribution in [0.4, 0.5) is 0 Å². The Morgan fingerprint density at radius 2 is 1.81 bits per heavy atom. The van der Waals surface area contributed by atoms with E-state index in [9.17, 15) is 0 Å². The third kappa shape index (κ3) is 4.92. The van der Waals surface area contributed by atoms with Gasteiger partial charge in [0.2, 0.25) is 0 Å². The van der Waals surface area contributed by atoms with Crippen LogP contribution in [0.3, 0.4) is 0 Å².